The van der Waals surface area contributed by atoms with Crippen molar-refractivity contribution < 1.29 is 9.09 Å². The molecular weight excluding hydrogens is 281 g/mol. The van der Waals surface area contributed by atoms with Gasteiger partial charge in [-0.25, -0.2) is 4.67 Å². The highest BCUT2D eigenvalue weighted by molar-refractivity contribution is 7.65. The van der Waals surface area contributed by atoms with Gasteiger partial charge in [0.15, 0.2) is 0 Å². The van der Waals surface area contributed by atoms with Gasteiger partial charge in [-0.3, -0.25) is 4.57 Å². The number of hydrogen-bond donors (Lipinski definition) is 0. The lowest BCUT2D eigenvalue weighted by Gasteiger charge is -2.34. The summed E-state index contributed by atoms with van der Waals surface area (Å²) in [5.74, 6) is 0.662. The van der Waals surface area contributed by atoms with Crippen molar-refractivity contribution in [1.29, 1.82) is 0 Å². The van der Waals surface area contributed by atoms with Crippen molar-refractivity contribution in [1.82, 2.24) is 4.67 Å². The Morgan fingerprint density at radius 1 is 0.810 bits per heavy atom. The van der Waals surface area contributed by atoms with Crippen LogP contribution >= 0.6 is 7.52 Å². The zero-order valence-corrected chi connectivity index (χ0v) is 12.9. The van der Waals surface area contributed by atoms with Crippen molar-refractivity contribution in [2.45, 2.75) is 19.3 Å². The van der Waals surface area contributed by atoms with E-state index < -0.39 is 7.52 Å². The van der Waals surface area contributed by atoms with E-state index in [-0.39, 0.29) is 0 Å². The smallest absolute Gasteiger partial charge is 0.349 e. The molecule has 1 aliphatic heterocycles. The molecule has 1 saturated heterocycles. The van der Waals surface area contributed by atoms with Crippen molar-refractivity contribution in [3.63, 3.8) is 0 Å². The Morgan fingerprint density at radius 3 is 2.00 bits per heavy atom. The molecule has 1 heterocycles. The normalized spacial score (nSPS) is 18.9. The van der Waals surface area contributed by atoms with Gasteiger partial charge < -0.3 is 4.52 Å². The minimum Gasteiger partial charge on any atom is -0.429 e. The third-order valence-electron chi connectivity index (χ3n) is 3.76. The first kappa shape index (κ1) is 14.4. The molecule has 0 spiro atoms. The molecule has 21 heavy (non-hydrogen) atoms. The molecule has 3 nitrogen and oxygen atoms in total. The van der Waals surface area contributed by atoms with E-state index in [4.69, 9.17) is 4.52 Å². The number of para-hydroxylation sites is 1. The van der Waals surface area contributed by atoms with E-state index in [2.05, 4.69) is 0 Å². The number of nitrogens with zero attached hydrogens (tertiary/aromatic N) is 1. The molecule has 2 aromatic rings. The first-order valence-electron chi connectivity index (χ1n) is 7.45. The van der Waals surface area contributed by atoms with E-state index in [1.165, 1.54) is 6.42 Å². The molecule has 3 rings (SSSR count). The Kier molecular flexibility index (Phi) is 4.42. The molecule has 1 atom stereocenters. The standard InChI is InChI=1S/C17H20NO2P/c19-21(17-12-6-2-7-13-17,18-14-8-3-9-15-18)20-16-10-4-1-5-11-16/h1-2,4-7,10-13H,3,8-9,14-15H2. The van der Waals surface area contributed by atoms with Crippen molar-refractivity contribution in [3.05, 3.63) is 60.7 Å². The molecular formula is C17H20NO2P. The molecule has 0 saturated carbocycles. The molecule has 110 valence electrons. The van der Waals surface area contributed by atoms with Gasteiger partial charge in [-0.15, -0.1) is 0 Å². The van der Waals surface area contributed by atoms with Gasteiger partial charge >= 0.3 is 7.52 Å². The minimum absolute atomic E-state index is 0.662. The number of rotatable bonds is 4. The quantitative estimate of drug-likeness (QED) is 0.797. The summed E-state index contributed by atoms with van der Waals surface area (Å²) in [5.41, 5.74) is 0. The molecule has 0 bridgehead atoms. The Hall–Kier alpha value is -1.57. The number of hydrogen-bond acceptors (Lipinski definition) is 2. The monoisotopic (exact) mass is 301 g/mol. The minimum atomic E-state index is -3.04. The van der Waals surface area contributed by atoms with E-state index in [0.717, 1.165) is 31.2 Å². The fraction of sp³-hybridized carbons (Fsp3) is 0.294. The van der Waals surface area contributed by atoms with Gasteiger partial charge in [0, 0.05) is 13.1 Å². The van der Waals surface area contributed by atoms with Crippen molar-refractivity contribution in [3.8, 4) is 5.75 Å². The lowest BCUT2D eigenvalue weighted by Crippen LogP contribution is -2.33. The maximum atomic E-state index is 13.6. The predicted octanol–water partition coefficient (Wildman–Crippen LogP) is 4.07. The van der Waals surface area contributed by atoms with Crippen LogP contribution in [0.15, 0.2) is 60.7 Å². The summed E-state index contributed by atoms with van der Waals surface area (Å²) in [5, 5.41) is 0.774. The highest BCUT2D eigenvalue weighted by Gasteiger charge is 2.36. The van der Waals surface area contributed by atoms with E-state index in [1.54, 1.807) is 0 Å². The lowest BCUT2D eigenvalue weighted by molar-refractivity contribution is 0.314. The average Bonchev–Trinajstić information content (AvgIpc) is 2.57. The first-order valence-corrected chi connectivity index (χ1v) is 9.02. The molecule has 4 heteroatoms. The summed E-state index contributed by atoms with van der Waals surface area (Å²) in [6, 6.07) is 19.0. The van der Waals surface area contributed by atoms with Crippen LogP contribution in [0.25, 0.3) is 0 Å². The van der Waals surface area contributed by atoms with E-state index >= 15 is 0 Å². The van der Waals surface area contributed by atoms with Gasteiger partial charge in [0.25, 0.3) is 0 Å². The van der Waals surface area contributed by atoms with Gasteiger partial charge in [-0.1, -0.05) is 42.8 Å². The van der Waals surface area contributed by atoms with Crippen LogP contribution in [0.4, 0.5) is 0 Å². The third kappa shape index (κ3) is 3.20. The number of benzene rings is 2. The summed E-state index contributed by atoms with van der Waals surface area (Å²) >= 11 is 0. The van der Waals surface area contributed by atoms with Crippen LogP contribution in [0.2, 0.25) is 0 Å². The fourth-order valence-electron chi connectivity index (χ4n) is 2.65. The van der Waals surface area contributed by atoms with Crippen LogP contribution in [0.1, 0.15) is 19.3 Å². The van der Waals surface area contributed by atoms with Crippen LogP contribution in [0.5, 0.6) is 5.75 Å². The van der Waals surface area contributed by atoms with Crippen molar-refractivity contribution in [2.75, 3.05) is 13.1 Å². The molecule has 1 unspecified atom stereocenters. The SMILES string of the molecule is O=P(Oc1ccccc1)(c1ccccc1)N1CCCCC1. The third-order valence-corrected chi connectivity index (χ3v) is 6.31. The second-order valence-electron chi connectivity index (χ2n) is 5.27. The summed E-state index contributed by atoms with van der Waals surface area (Å²) in [4.78, 5) is 0. The van der Waals surface area contributed by atoms with Crippen LogP contribution < -0.4 is 9.83 Å². The van der Waals surface area contributed by atoms with E-state index in [9.17, 15) is 4.57 Å². The van der Waals surface area contributed by atoms with E-state index in [1.807, 2.05) is 65.3 Å². The van der Waals surface area contributed by atoms with Crippen molar-refractivity contribution in [2.24, 2.45) is 0 Å². The van der Waals surface area contributed by atoms with Gasteiger partial charge in [-0.05, 0) is 37.1 Å². The summed E-state index contributed by atoms with van der Waals surface area (Å²) in [6.45, 7) is 1.66. The number of piperidine rings is 1. The van der Waals surface area contributed by atoms with E-state index in [0.29, 0.717) is 5.75 Å². The van der Waals surface area contributed by atoms with Crippen LogP contribution in [0, 0.1) is 0 Å². The summed E-state index contributed by atoms with van der Waals surface area (Å²) < 4.78 is 21.7. The molecule has 1 aliphatic rings. The average molecular weight is 301 g/mol. The molecule has 0 N–H and O–H groups in total. The van der Waals surface area contributed by atoms with Gasteiger partial charge in [0.2, 0.25) is 0 Å². The highest BCUT2D eigenvalue weighted by Crippen LogP contribution is 2.50. The fourth-order valence-corrected chi connectivity index (χ4v) is 4.97. The Bertz CT molecular complexity index is 609. The maximum absolute atomic E-state index is 13.6. The Labute approximate surface area is 126 Å². The maximum Gasteiger partial charge on any atom is 0.349 e. The Morgan fingerprint density at radius 2 is 1.38 bits per heavy atom. The van der Waals surface area contributed by atoms with Crippen molar-refractivity contribution >= 4 is 12.8 Å². The molecule has 0 radical (unpaired) electrons. The molecule has 0 aliphatic carbocycles. The molecule has 2 aromatic carbocycles. The van der Waals surface area contributed by atoms with Crippen LogP contribution in [0.3, 0.4) is 0 Å². The molecule has 0 aromatic heterocycles. The topological polar surface area (TPSA) is 29.5 Å². The molecule has 1 fully saturated rings. The zero-order chi connectivity index (χ0) is 14.5. The lowest BCUT2D eigenvalue weighted by atomic mass is 10.2. The highest BCUT2D eigenvalue weighted by atomic mass is 31.2. The van der Waals surface area contributed by atoms with Gasteiger partial charge in [0.1, 0.15) is 5.75 Å². The predicted molar refractivity (Wildman–Crippen MR) is 86.2 cm³/mol. The second kappa shape index (κ2) is 6.46. The second-order valence-corrected chi connectivity index (χ2v) is 7.58. The summed E-state index contributed by atoms with van der Waals surface area (Å²) in [6.07, 6.45) is 3.36. The Balaban J connectivity index is 1.96. The van der Waals surface area contributed by atoms with Crippen LogP contribution in [-0.4, -0.2) is 17.8 Å². The largest absolute Gasteiger partial charge is 0.429 e. The van der Waals surface area contributed by atoms with Crippen LogP contribution in [-0.2, 0) is 4.57 Å². The van der Waals surface area contributed by atoms with Gasteiger partial charge in [0.05, 0.1) is 5.30 Å². The first-order chi connectivity index (χ1) is 10.3. The zero-order valence-electron chi connectivity index (χ0n) is 12.0. The summed E-state index contributed by atoms with van der Waals surface area (Å²) in [7, 11) is -3.04. The molecule has 0 amide bonds. The van der Waals surface area contributed by atoms with Gasteiger partial charge in [-0.2, -0.15) is 0 Å².